The lowest BCUT2D eigenvalue weighted by Crippen LogP contribution is -2.49. The summed E-state index contributed by atoms with van der Waals surface area (Å²) in [5.74, 6) is 0.154. The van der Waals surface area contributed by atoms with Crippen molar-refractivity contribution in [1.29, 1.82) is 0 Å². The predicted molar refractivity (Wildman–Crippen MR) is 52.4 cm³/mol. The van der Waals surface area contributed by atoms with Crippen molar-refractivity contribution in [2.75, 3.05) is 6.54 Å². The van der Waals surface area contributed by atoms with Crippen LogP contribution in [0.15, 0.2) is 0 Å². The fourth-order valence-electron chi connectivity index (χ4n) is 2.19. The fourth-order valence-corrected chi connectivity index (χ4v) is 2.19. The Kier molecular flexibility index (Phi) is 3.33. The van der Waals surface area contributed by atoms with Gasteiger partial charge in [-0.1, -0.05) is 6.92 Å². The molecule has 0 radical (unpaired) electrons. The van der Waals surface area contributed by atoms with Crippen LogP contribution in [-0.4, -0.2) is 29.5 Å². The van der Waals surface area contributed by atoms with Crippen LogP contribution in [0.1, 0.15) is 33.6 Å². The van der Waals surface area contributed by atoms with E-state index < -0.39 is 5.60 Å². The predicted octanol–water partition coefficient (Wildman–Crippen LogP) is 0.900. The summed E-state index contributed by atoms with van der Waals surface area (Å²) in [4.78, 5) is 0. The SMILES string of the molecule is CC(CN)C1(O)C[C@@H](C)O[C@@H](C)C1. The minimum absolute atomic E-state index is 0.141. The molecule has 1 aliphatic rings. The maximum atomic E-state index is 10.3. The highest BCUT2D eigenvalue weighted by atomic mass is 16.5. The van der Waals surface area contributed by atoms with Gasteiger partial charge in [0, 0.05) is 12.8 Å². The van der Waals surface area contributed by atoms with Gasteiger partial charge in [-0.3, -0.25) is 0 Å². The molecule has 1 saturated heterocycles. The van der Waals surface area contributed by atoms with Gasteiger partial charge >= 0.3 is 0 Å². The van der Waals surface area contributed by atoms with Crippen LogP contribution in [0.3, 0.4) is 0 Å². The molecule has 1 aliphatic heterocycles. The summed E-state index contributed by atoms with van der Waals surface area (Å²) in [5, 5.41) is 10.3. The second-order valence-electron chi connectivity index (χ2n) is 4.41. The molecule has 13 heavy (non-hydrogen) atoms. The Morgan fingerprint density at radius 3 is 2.31 bits per heavy atom. The first-order valence-corrected chi connectivity index (χ1v) is 5.06. The minimum Gasteiger partial charge on any atom is -0.389 e. The van der Waals surface area contributed by atoms with Gasteiger partial charge in [-0.2, -0.15) is 0 Å². The van der Waals surface area contributed by atoms with E-state index in [1.54, 1.807) is 0 Å². The molecular weight excluding hydrogens is 166 g/mol. The van der Waals surface area contributed by atoms with Crippen LogP contribution in [0.2, 0.25) is 0 Å². The zero-order valence-corrected chi connectivity index (χ0v) is 8.79. The van der Waals surface area contributed by atoms with E-state index >= 15 is 0 Å². The van der Waals surface area contributed by atoms with Gasteiger partial charge in [-0.05, 0) is 26.3 Å². The molecule has 2 unspecified atom stereocenters. The molecule has 0 aromatic rings. The second-order valence-corrected chi connectivity index (χ2v) is 4.41. The summed E-state index contributed by atoms with van der Waals surface area (Å²) in [7, 11) is 0. The van der Waals surface area contributed by atoms with E-state index in [9.17, 15) is 5.11 Å². The van der Waals surface area contributed by atoms with Crippen LogP contribution >= 0.6 is 0 Å². The molecule has 3 N–H and O–H groups in total. The molecular formula is C10H21NO2. The summed E-state index contributed by atoms with van der Waals surface area (Å²) in [6.45, 7) is 6.55. The standard InChI is InChI=1S/C10H21NO2/c1-7(6-11)10(12)4-8(2)13-9(3)5-10/h7-9,12H,4-6,11H2,1-3H3/t7?,8-,9+,10?. The summed E-state index contributed by atoms with van der Waals surface area (Å²) >= 11 is 0. The van der Waals surface area contributed by atoms with Crippen molar-refractivity contribution >= 4 is 0 Å². The Hall–Kier alpha value is -0.120. The quantitative estimate of drug-likeness (QED) is 0.675. The molecule has 0 aliphatic carbocycles. The third kappa shape index (κ3) is 2.42. The highest BCUT2D eigenvalue weighted by Crippen LogP contribution is 2.34. The average Bonchev–Trinajstić information content (AvgIpc) is 2.00. The van der Waals surface area contributed by atoms with Crippen LogP contribution in [0.4, 0.5) is 0 Å². The first-order chi connectivity index (χ1) is 5.98. The molecule has 0 amide bonds. The smallest absolute Gasteiger partial charge is 0.0734 e. The highest BCUT2D eigenvalue weighted by Gasteiger charge is 2.40. The van der Waals surface area contributed by atoms with E-state index in [1.165, 1.54) is 0 Å². The molecule has 0 saturated carbocycles. The van der Waals surface area contributed by atoms with Gasteiger partial charge in [-0.15, -0.1) is 0 Å². The molecule has 0 spiro atoms. The van der Waals surface area contributed by atoms with Gasteiger partial charge in [0.05, 0.1) is 17.8 Å². The number of nitrogens with two attached hydrogens (primary N) is 1. The van der Waals surface area contributed by atoms with Gasteiger partial charge in [-0.25, -0.2) is 0 Å². The minimum atomic E-state index is -0.619. The van der Waals surface area contributed by atoms with Crippen molar-refractivity contribution in [2.24, 2.45) is 11.7 Å². The van der Waals surface area contributed by atoms with Crippen molar-refractivity contribution < 1.29 is 9.84 Å². The van der Waals surface area contributed by atoms with Gasteiger partial charge < -0.3 is 15.6 Å². The third-order valence-corrected chi connectivity index (χ3v) is 3.02. The molecule has 0 aromatic heterocycles. The topological polar surface area (TPSA) is 55.5 Å². The van der Waals surface area contributed by atoms with Gasteiger partial charge in [0.2, 0.25) is 0 Å². The Bertz CT molecular complexity index is 162. The summed E-state index contributed by atoms with van der Waals surface area (Å²) in [5.41, 5.74) is 4.96. The largest absolute Gasteiger partial charge is 0.389 e. The van der Waals surface area contributed by atoms with Crippen molar-refractivity contribution in [3.8, 4) is 0 Å². The van der Waals surface area contributed by atoms with E-state index in [0.29, 0.717) is 19.4 Å². The summed E-state index contributed by atoms with van der Waals surface area (Å²) in [6, 6.07) is 0. The van der Waals surface area contributed by atoms with Gasteiger partial charge in [0.25, 0.3) is 0 Å². The number of aliphatic hydroxyl groups is 1. The summed E-state index contributed by atoms with van der Waals surface area (Å²) < 4.78 is 5.58. The molecule has 1 heterocycles. The van der Waals surface area contributed by atoms with E-state index in [-0.39, 0.29) is 18.1 Å². The lowest BCUT2D eigenvalue weighted by atomic mass is 9.78. The molecule has 3 nitrogen and oxygen atoms in total. The Morgan fingerprint density at radius 1 is 1.46 bits per heavy atom. The monoisotopic (exact) mass is 187 g/mol. The number of hydrogen-bond donors (Lipinski definition) is 2. The molecule has 78 valence electrons. The van der Waals surface area contributed by atoms with Crippen LogP contribution in [0.5, 0.6) is 0 Å². The van der Waals surface area contributed by atoms with E-state index in [4.69, 9.17) is 10.5 Å². The van der Waals surface area contributed by atoms with E-state index in [1.807, 2.05) is 20.8 Å². The zero-order chi connectivity index (χ0) is 10.1. The Labute approximate surface area is 80.3 Å². The molecule has 1 rings (SSSR count). The van der Waals surface area contributed by atoms with Crippen molar-refractivity contribution in [3.05, 3.63) is 0 Å². The molecule has 0 aromatic carbocycles. The molecule has 3 heteroatoms. The van der Waals surface area contributed by atoms with Crippen molar-refractivity contribution in [2.45, 2.75) is 51.4 Å². The zero-order valence-electron chi connectivity index (χ0n) is 8.79. The molecule has 1 fully saturated rings. The lowest BCUT2D eigenvalue weighted by Gasteiger charge is -2.42. The van der Waals surface area contributed by atoms with Crippen LogP contribution in [0, 0.1) is 5.92 Å². The Balaban J connectivity index is 2.66. The number of rotatable bonds is 2. The second kappa shape index (κ2) is 3.95. The fraction of sp³-hybridized carbons (Fsp3) is 1.00. The summed E-state index contributed by atoms with van der Waals surface area (Å²) in [6.07, 6.45) is 1.69. The van der Waals surface area contributed by atoms with Crippen LogP contribution in [-0.2, 0) is 4.74 Å². The molecule has 0 bridgehead atoms. The highest BCUT2D eigenvalue weighted by molar-refractivity contribution is 4.91. The van der Waals surface area contributed by atoms with Crippen LogP contribution in [0.25, 0.3) is 0 Å². The van der Waals surface area contributed by atoms with Gasteiger partial charge in [0.1, 0.15) is 0 Å². The van der Waals surface area contributed by atoms with E-state index in [2.05, 4.69) is 0 Å². The number of hydrogen-bond acceptors (Lipinski definition) is 3. The average molecular weight is 187 g/mol. The first kappa shape index (κ1) is 11.0. The molecule has 4 atom stereocenters. The van der Waals surface area contributed by atoms with Crippen molar-refractivity contribution in [1.82, 2.24) is 0 Å². The first-order valence-electron chi connectivity index (χ1n) is 5.06. The normalized spacial score (nSPS) is 43.2. The van der Waals surface area contributed by atoms with Crippen LogP contribution < -0.4 is 5.73 Å². The Morgan fingerprint density at radius 2 is 1.92 bits per heavy atom. The van der Waals surface area contributed by atoms with Crippen molar-refractivity contribution in [3.63, 3.8) is 0 Å². The maximum Gasteiger partial charge on any atom is 0.0734 e. The lowest BCUT2D eigenvalue weighted by molar-refractivity contribution is -0.151. The number of ether oxygens (including phenoxy) is 1. The third-order valence-electron chi connectivity index (χ3n) is 3.02. The van der Waals surface area contributed by atoms with E-state index in [0.717, 1.165) is 0 Å². The van der Waals surface area contributed by atoms with Gasteiger partial charge in [0.15, 0.2) is 0 Å². The maximum absolute atomic E-state index is 10.3.